The van der Waals surface area contributed by atoms with Crippen LogP contribution in [0.4, 0.5) is 5.82 Å². The van der Waals surface area contributed by atoms with E-state index >= 15 is 0 Å². The van der Waals surface area contributed by atoms with Crippen LogP contribution in [-0.2, 0) is 24.1 Å². The molecule has 1 amide bonds. The molecule has 0 atom stereocenters. The van der Waals surface area contributed by atoms with Gasteiger partial charge in [0.05, 0.1) is 50.5 Å². The fraction of sp³-hybridized carbons (Fsp3) is 0.304. The van der Waals surface area contributed by atoms with Gasteiger partial charge in [0, 0.05) is 18.2 Å². The summed E-state index contributed by atoms with van der Waals surface area (Å²) in [5, 5.41) is 2.75. The van der Waals surface area contributed by atoms with E-state index in [9.17, 15) is 9.59 Å². The number of ether oxygens (including phenoxy) is 2. The molecular weight excluding hydrogens is 396 g/mol. The van der Waals surface area contributed by atoms with E-state index < -0.39 is 0 Å². The lowest BCUT2D eigenvalue weighted by molar-refractivity contribution is 0.102. The number of amides is 1. The van der Waals surface area contributed by atoms with Gasteiger partial charge >= 0.3 is 0 Å². The molecule has 8 heteroatoms. The second-order valence-corrected chi connectivity index (χ2v) is 7.37. The third kappa shape index (κ3) is 4.64. The van der Waals surface area contributed by atoms with Gasteiger partial charge in [0.2, 0.25) is 0 Å². The minimum Gasteiger partial charge on any atom is -0.497 e. The maximum absolute atomic E-state index is 13.0. The van der Waals surface area contributed by atoms with Gasteiger partial charge in [0.1, 0.15) is 5.75 Å². The summed E-state index contributed by atoms with van der Waals surface area (Å²) >= 11 is 0. The van der Waals surface area contributed by atoms with Crippen LogP contribution in [0.1, 0.15) is 32.9 Å². The Hall–Kier alpha value is -3.52. The fourth-order valence-corrected chi connectivity index (χ4v) is 3.68. The van der Waals surface area contributed by atoms with E-state index in [1.165, 1.54) is 12.3 Å². The number of carbonyl (C=O) groups excluding carboxylic acids is 1. The second kappa shape index (κ2) is 9.09. The number of rotatable bonds is 5. The van der Waals surface area contributed by atoms with Crippen LogP contribution in [0.25, 0.3) is 0 Å². The molecule has 1 aromatic carbocycles. The molecular formula is C23H24N4O4. The van der Waals surface area contributed by atoms with Crippen molar-refractivity contribution in [2.24, 2.45) is 0 Å². The molecule has 31 heavy (non-hydrogen) atoms. The van der Waals surface area contributed by atoms with Crippen molar-refractivity contribution in [3.05, 3.63) is 81.2 Å². The van der Waals surface area contributed by atoms with Crippen LogP contribution >= 0.6 is 0 Å². The van der Waals surface area contributed by atoms with E-state index in [0.717, 1.165) is 28.3 Å². The third-order valence-electron chi connectivity index (χ3n) is 5.28. The maximum atomic E-state index is 13.0. The molecule has 0 fully saturated rings. The Bertz CT molecular complexity index is 1140. The highest BCUT2D eigenvalue weighted by atomic mass is 16.5. The summed E-state index contributed by atoms with van der Waals surface area (Å²) in [5.74, 6) is 0.733. The lowest BCUT2D eigenvalue weighted by Gasteiger charge is -2.18. The largest absolute Gasteiger partial charge is 0.497 e. The number of carbonyl (C=O) groups is 1. The minimum absolute atomic E-state index is 0.225. The van der Waals surface area contributed by atoms with Crippen molar-refractivity contribution in [3.8, 4) is 5.75 Å². The molecule has 3 heterocycles. The number of hydrogen-bond donors (Lipinski definition) is 1. The summed E-state index contributed by atoms with van der Waals surface area (Å²) in [6, 6.07) is 9.01. The van der Waals surface area contributed by atoms with Gasteiger partial charge in [-0.3, -0.25) is 14.6 Å². The van der Waals surface area contributed by atoms with E-state index in [0.29, 0.717) is 44.0 Å². The molecule has 0 radical (unpaired) electrons. The smallest absolute Gasteiger partial charge is 0.257 e. The Balaban J connectivity index is 1.70. The Morgan fingerprint density at radius 3 is 2.65 bits per heavy atom. The predicted molar refractivity (Wildman–Crippen MR) is 116 cm³/mol. The Morgan fingerprint density at radius 1 is 1.16 bits per heavy atom. The lowest BCUT2D eigenvalue weighted by Crippen LogP contribution is -2.29. The number of anilines is 1. The first-order valence-corrected chi connectivity index (χ1v) is 10.1. The van der Waals surface area contributed by atoms with Crippen molar-refractivity contribution < 1.29 is 14.3 Å². The summed E-state index contributed by atoms with van der Waals surface area (Å²) < 4.78 is 12.6. The first kappa shape index (κ1) is 20.7. The number of aryl methyl sites for hydroxylation is 1. The first-order valence-electron chi connectivity index (χ1n) is 10.1. The molecule has 0 aliphatic carbocycles. The third-order valence-corrected chi connectivity index (χ3v) is 5.28. The van der Waals surface area contributed by atoms with Crippen molar-refractivity contribution >= 4 is 11.7 Å². The number of hydrogen-bond acceptors (Lipinski definition) is 6. The highest BCUT2D eigenvalue weighted by Crippen LogP contribution is 2.21. The van der Waals surface area contributed by atoms with Gasteiger partial charge in [0.25, 0.3) is 11.5 Å². The topological polar surface area (TPSA) is 95.3 Å². The molecule has 0 unspecified atom stereocenters. The monoisotopic (exact) mass is 420 g/mol. The molecule has 0 bridgehead atoms. The van der Waals surface area contributed by atoms with Crippen LogP contribution in [0, 0.1) is 6.92 Å². The van der Waals surface area contributed by atoms with Crippen LogP contribution in [0.3, 0.4) is 0 Å². The zero-order chi connectivity index (χ0) is 21.8. The number of methoxy groups -OCH3 is 1. The molecule has 1 aliphatic rings. The summed E-state index contributed by atoms with van der Waals surface area (Å²) in [5.41, 5.74) is 3.53. The minimum atomic E-state index is -0.370. The summed E-state index contributed by atoms with van der Waals surface area (Å²) in [6.07, 6.45) is 4.20. The Morgan fingerprint density at radius 2 is 1.94 bits per heavy atom. The van der Waals surface area contributed by atoms with Gasteiger partial charge in [-0.2, -0.15) is 0 Å². The number of aromatic nitrogens is 3. The number of nitrogens with one attached hydrogen (secondary N) is 1. The van der Waals surface area contributed by atoms with Gasteiger partial charge in [0.15, 0.2) is 5.82 Å². The molecule has 0 saturated heterocycles. The van der Waals surface area contributed by atoms with Crippen LogP contribution in [-0.4, -0.2) is 40.8 Å². The average molecular weight is 420 g/mol. The van der Waals surface area contributed by atoms with E-state index in [-0.39, 0.29) is 11.5 Å². The summed E-state index contributed by atoms with van der Waals surface area (Å²) in [6.45, 7) is 3.24. The number of fused-ring (bicyclic) bond motifs is 1. The van der Waals surface area contributed by atoms with E-state index in [2.05, 4.69) is 15.3 Å². The highest BCUT2D eigenvalue weighted by molar-refractivity contribution is 6.04. The van der Waals surface area contributed by atoms with Crippen molar-refractivity contribution in [2.75, 3.05) is 25.6 Å². The normalized spacial score (nSPS) is 13.2. The van der Waals surface area contributed by atoms with E-state index in [1.807, 2.05) is 31.2 Å². The molecule has 0 spiro atoms. The van der Waals surface area contributed by atoms with Gasteiger partial charge in [-0.1, -0.05) is 12.1 Å². The Kier molecular flexibility index (Phi) is 6.08. The molecule has 2 aromatic heterocycles. The van der Waals surface area contributed by atoms with Gasteiger partial charge in [-0.05, 0) is 36.6 Å². The molecule has 8 nitrogen and oxygen atoms in total. The van der Waals surface area contributed by atoms with Crippen LogP contribution in [0.2, 0.25) is 0 Å². The highest BCUT2D eigenvalue weighted by Gasteiger charge is 2.22. The molecule has 0 saturated carbocycles. The van der Waals surface area contributed by atoms with Crippen LogP contribution in [0.15, 0.2) is 47.5 Å². The zero-order valence-corrected chi connectivity index (χ0v) is 17.6. The predicted octanol–water partition coefficient (Wildman–Crippen LogP) is 2.37. The van der Waals surface area contributed by atoms with Crippen molar-refractivity contribution in [1.82, 2.24) is 14.5 Å². The molecule has 160 valence electrons. The quantitative estimate of drug-likeness (QED) is 0.681. The van der Waals surface area contributed by atoms with Gasteiger partial charge in [-0.15, -0.1) is 0 Å². The lowest BCUT2D eigenvalue weighted by atomic mass is 10.0. The van der Waals surface area contributed by atoms with Crippen molar-refractivity contribution in [3.63, 3.8) is 0 Å². The van der Waals surface area contributed by atoms with Gasteiger partial charge in [-0.25, -0.2) is 4.98 Å². The SMILES string of the molecule is COc1ccc(Cn2c3c(c(C(=O)Nc4cnc(C)cn4)cc2=O)CCOCC3)cc1. The van der Waals surface area contributed by atoms with E-state index in [4.69, 9.17) is 9.47 Å². The first-order chi connectivity index (χ1) is 15.0. The van der Waals surface area contributed by atoms with E-state index in [1.54, 1.807) is 17.9 Å². The Labute approximate surface area is 179 Å². The molecule has 3 aromatic rings. The number of nitrogens with zero attached hydrogens (tertiary/aromatic N) is 3. The van der Waals surface area contributed by atoms with Crippen LogP contribution < -0.4 is 15.6 Å². The second-order valence-electron chi connectivity index (χ2n) is 7.37. The molecule has 4 rings (SSSR count). The molecule has 1 N–H and O–H groups in total. The zero-order valence-electron chi connectivity index (χ0n) is 17.6. The van der Waals surface area contributed by atoms with Gasteiger partial charge < -0.3 is 19.4 Å². The van der Waals surface area contributed by atoms with Crippen LogP contribution in [0.5, 0.6) is 5.75 Å². The number of pyridine rings is 1. The standard InChI is InChI=1S/C23H24N4O4/c1-15-12-25-21(13-24-15)26-23(29)19-11-22(28)27(20-8-10-31-9-7-18(19)20)14-16-3-5-17(30-2)6-4-16/h3-6,11-13H,7-10,14H2,1-2H3,(H,25,26,29). The maximum Gasteiger partial charge on any atom is 0.257 e. The van der Waals surface area contributed by atoms with Crippen molar-refractivity contribution in [2.45, 2.75) is 26.3 Å². The van der Waals surface area contributed by atoms with Crippen molar-refractivity contribution in [1.29, 1.82) is 0 Å². The average Bonchev–Trinajstić information content (AvgIpc) is 3.03. The fourth-order valence-electron chi connectivity index (χ4n) is 3.68. The summed E-state index contributed by atoms with van der Waals surface area (Å²) in [4.78, 5) is 34.4. The number of benzene rings is 1. The molecule has 1 aliphatic heterocycles. The summed E-state index contributed by atoms with van der Waals surface area (Å²) in [7, 11) is 1.62.